The van der Waals surface area contributed by atoms with Gasteiger partial charge in [-0.1, -0.05) is 6.07 Å². The maximum absolute atomic E-state index is 12.5. The summed E-state index contributed by atoms with van der Waals surface area (Å²) in [5, 5.41) is 12.6. The second kappa shape index (κ2) is 6.58. The van der Waals surface area contributed by atoms with Crippen LogP contribution in [0.15, 0.2) is 18.2 Å². The lowest BCUT2D eigenvalue weighted by Crippen LogP contribution is -2.46. The van der Waals surface area contributed by atoms with Crippen LogP contribution < -0.4 is 10.2 Å². The first-order chi connectivity index (χ1) is 10.7. The predicted octanol–water partition coefficient (Wildman–Crippen LogP) is 2.55. The van der Waals surface area contributed by atoms with Crippen molar-refractivity contribution >= 4 is 17.7 Å². The third-order valence-corrected chi connectivity index (χ3v) is 3.69. The van der Waals surface area contributed by atoms with Crippen molar-refractivity contribution in [1.82, 2.24) is 5.32 Å². The van der Waals surface area contributed by atoms with Gasteiger partial charge in [0.15, 0.2) is 0 Å². The number of rotatable bonds is 3. The summed E-state index contributed by atoms with van der Waals surface area (Å²) < 4.78 is 5.38. The number of carbonyl (C=O) groups excluding carboxylic acids is 1. The average Bonchev–Trinajstić information content (AvgIpc) is 2.45. The van der Waals surface area contributed by atoms with Crippen LogP contribution in [0.1, 0.15) is 38.8 Å². The van der Waals surface area contributed by atoms with Gasteiger partial charge in [0.2, 0.25) is 0 Å². The van der Waals surface area contributed by atoms with E-state index in [-0.39, 0.29) is 0 Å². The lowest BCUT2D eigenvalue weighted by molar-refractivity contribution is -0.138. The number of benzene rings is 1. The van der Waals surface area contributed by atoms with Crippen molar-refractivity contribution in [2.24, 2.45) is 0 Å². The Bertz CT molecular complexity index is 607. The van der Waals surface area contributed by atoms with Crippen molar-refractivity contribution in [2.75, 3.05) is 11.4 Å². The van der Waals surface area contributed by atoms with Crippen molar-refractivity contribution in [3.8, 4) is 0 Å². The zero-order valence-corrected chi connectivity index (χ0v) is 14.0. The van der Waals surface area contributed by atoms with Gasteiger partial charge in [-0.15, -0.1) is 0 Å². The number of ether oxygens (including phenoxy) is 1. The first kappa shape index (κ1) is 17.3. The van der Waals surface area contributed by atoms with E-state index >= 15 is 0 Å². The molecule has 0 bridgehead atoms. The number of anilines is 1. The van der Waals surface area contributed by atoms with E-state index in [4.69, 9.17) is 4.74 Å². The van der Waals surface area contributed by atoms with Crippen molar-refractivity contribution in [1.29, 1.82) is 0 Å². The Labute approximate surface area is 136 Å². The summed E-state index contributed by atoms with van der Waals surface area (Å²) in [6.45, 7) is 8.41. The van der Waals surface area contributed by atoms with E-state index in [2.05, 4.69) is 5.32 Å². The van der Waals surface area contributed by atoms with Crippen molar-refractivity contribution in [2.45, 2.75) is 52.3 Å². The van der Waals surface area contributed by atoms with E-state index in [1.54, 1.807) is 26.8 Å². The van der Waals surface area contributed by atoms with Crippen molar-refractivity contribution in [3.05, 3.63) is 29.3 Å². The Balaban J connectivity index is 2.37. The number of carboxylic acids is 1. The summed E-state index contributed by atoms with van der Waals surface area (Å²) in [7, 11) is 0. The minimum atomic E-state index is -1.07. The van der Waals surface area contributed by atoms with Gasteiger partial charge in [0.05, 0.1) is 0 Å². The van der Waals surface area contributed by atoms with Crippen LogP contribution in [-0.2, 0) is 22.5 Å². The van der Waals surface area contributed by atoms with Crippen LogP contribution in [0.2, 0.25) is 0 Å². The number of hydrogen-bond acceptors (Lipinski definition) is 4. The SMILES string of the molecule is CC(C(=O)O)N(C(=O)OC(C)(C)C)c1ccc2c(c1)CCNC2. The van der Waals surface area contributed by atoms with E-state index in [1.807, 2.05) is 12.1 Å². The van der Waals surface area contributed by atoms with Gasteiger partial charge in [0.1, 0.15) is 11.6 Å². The Kier molecular flexibility index (Phi) is 4.94. The normalized spacial score (nSPS) is 15.5. The summed E-state index contributed by atoms with van der Waals surface area (Å²) >= 11 is 0. The van der Waals surface area contributed by atoms with Crippen LogP contribution in [0.3, 0.4) is 0 Å². The molecule has 1 atom stereocenters. The zero-order valence-electron chi connectivity index (χ0n) is 14.0. The highest BCUT2D eigenvalue weighted by molar-refractivity contribution is 5.95. The number of nitrogens with one attached hydrogen (secondary N) is 1. The van der Waals surface area contributed by atoms with E-state index in [0.717, 1.165) is 25.1 Å². The molecule has 0 spiro atoms. The van der Waals surface area contributed by atoms with Crippen LogP contribution in [0.5, 0.6) is 0 Å². The Morgan fingerprint density at radius 2 is 2.00 bits per heavy atom. The highest BCUT2D eigenvalue weighted by Gasteiger charge is 2.31. The van der Waals surface area contributed by atoms with Gasteiger partial charge in [0, 0.05) is 12.2 Å². The van der Waals surface area contributed by atoms with Crippen molar-refractivity contribution in [3.63, 3.8) is 0 Å². The number of aliphatic carboxylic acids is 1. The molecule has 0 fully saturated rings. The molecule has 1 aliphatic rings. The van der Waals surface area contributed by atoms with Gasteiger partial charge in [0.25, 0.3) is 0 Å². The predicted molar refractivity (Wildman–Crippen MR) is 87.7 cm³/mol. The van der Waals surface area contributed by atoms with E-state index in [9.17, 15) is 14.7 Å². The molecule has 1 aromatic rings. The maximum Gasteiger partial charge on any atom is 0.415 e. The van der Waals surface area contributed by atoms with Gasteiger partial charge in [-0.3, -0.25) is 4.90 Å². The largest absolute Gasteiger partial charge is 0.480 e. The third-order valence-electron chi connectivity index (χ3n) is 3.69. The lowest BCUT2D eigenvalue weighted by Gasteiger charge is -2.30. The summed E-state index contributed by atoms with van der Waals surface area (Å²) in [4.78, 5) is 25.1. The average molecular weight is 320 g/mol. The first-order valence-corrected chi connectivity index (χ1v) is 7.76. The number of carbonyl (C=O) groups is 2. The first-order valence-electron chi connectivity index (χ1n) is 7.76. The maximum atomic E-state index is 12.5. The molecule has 1 unspecified atom stereocenters. The number of hydrogen-bond donors (Lipinski definition) is 2. The fourth-order valence-electron chi connectivity index (χ4n) is 2.52. The van der Waals surface area contributed by atoms with Gasteiger partial charge >= 0.3 is 12.1 Å². The quantitative estimate of drug-likeness (QED) is 0.895. The summed E-state index contributed by atoms with van der Waals surface area (Å²) in [6, 6.07) is 4.59. The van der Waals surface area contributed by atoms with Crippen LogP contribution >= 0.6 is 0 Å². The second-order valence-corrected chi connectivity index (χ2v) is 6.74. The van der Waals surface area contributed by atoms with Gasteiger partial charge in [-0.2, -0.15) is 0 Å². The molecule has 6 nitrogen and oxygen atoms in total. The molecule has 1 aliphatic heterocycles. The molecule has 0 aliphatic carbocycles. The van der Waals surface area contributed by atoms with Gasteiger partial charge in [-0.05, 0) is 63.9 Å². The molecule has 0 aromatic heterocycles. The van der Waals surface area contributed by atoms with Gasteiger partial charge < -0.3 is 15.2 Å². The molecule has 1 aromatic carbocycles. The van der Waals surface area contributed by atoms with E-state index < -0.39 is 23.7 Å². The molecular weight excluding hydrogens is 296 g/mol. The topological polar surface area (TPSA) is 78.9 Å². The second-order valence-electron chi connectivity index (χ2n) is 6.74. The smallest absolute Gasteiger partial charge is 0.415 e. The standard InChI is InChI=1S/C17H24N2O4/c1-11(15(20)21)19(16(22)23-17(2,3)4)14-6-5-13-10-18-8-7-12(13)9-14/h5-6,9,11,18H,7-8,10H2,1-4H3,(H,20,21). The van der Waals surface area contributed by atoms with Crippen LogP contribution in [-0.4, -0.2) is 35.4 Å². The molecule has 1 heterocycles. The summed E-state index contributed by atoms with van der Waals surface area (Å²) in [6.07, 6.45) is 0.202. The highest BCUT2D eigenvalue weighted by atomic mass is 16.6. The highest BCUT2D eigenvalue weighted by Crippen LogP contribution is 2.25. The van der Waals surface area contributed by atoms with Crippen LogP contribution in [0.25, 0.3) is 0 Å². The molecule has 2 N–H and O–H groups in total. The summed E-state index contributed by atoms with van der Waals surface area (Å²) in [5.74, 6) is -1.07. The van der Waals surface area contributed by atoms with Crippen LogP contribution in [0.4, 0.5) is 10.5 Å². The van der Waals surface area contributed by atoms with Gasteiger partial charge in [-0.25, -0.2) is 9.59 Å². The van der Waals surface area contributed by atoms with E-state index in [0.29, 0.717) is 5.69 Å². The molecule has 2 rings (SSSR count). The number of amides is 1. The minimum Gasteiger partial charge on any atom is -0.480 e. The molecule has 126 valence electrons. The molecule has 0 saturated carbocycles. The van der Waals surface area contributed by atoms with Crippen molar-refractivity contribution < 1.29 is 19.4 Å². The fourth-order valence-corrected chi connectivity index (χ4v) is 2.52. The third kappa shape index (κ3) is 4.22. The molecule has 23 heavy (non-hydrogen) atoms. The lowest BCUT2D eigenvalue weighted by atomic mass is 10.00. The Morgan fingerprint density at radius 3 is 2.61 bits per heavy atom. The number of carboxylic acid groups (broad SMARTS) is 1. The molecule has 6 heteroatoms. The summed E-state index contributed by atoms with van der Waals surface area (Å²) in [5.41, 5.74) is 2.17. The van der Waals surface area contributed by atoms with E-state index in [1.165, 1.54) is 17.4 Å². The van der Waals surface area contributed by atoms with Crippen LogP contribution in [0, 0.1) is 0 Å². The number of nitrogens with zero attached hydrogens (tertiary/aromatic N) is 1. The molecule has 0 radical (unpaired) electrons. The Morgan fingerprint density at radius 1 is 1.30 bits per heavy atom. The molecule has 1 amide bonds. The fraction of sp³-hybridized carbons (Fsp3) is 0.529. The Hall–Kier alpha value is -2.08. The number of fused-ring (bicyclic) bond motifs is 1. The monoisotopic (exact) mass is 320 g/mol. The molecule has 0 saturated heterocycles. The zero-order chi connectivity index (χ0) is 17.2. The minimum absolute atomic E-state index is 0.551. The molecular formula is C17H24N2O4.